The van der Waals surface area contributed by atoms with Gasteiger partial charge in [-0.3, -0.25) is 24.8 Å². The molecule has 2 saturated heterocycles. The van der Waals surface area contributed by atoms with Gasteiger partial charge in [-0.2, -0.15) is 0 Å². The van der Waals surface area contributed by atoms with Gasteiger partial charge in [0, 0.05) is 67.7 Å². The van der Waals surface area contributed by atoms with Gasteiger partial charge in [-0.15, -0.1) is 0 Å². The highest BCUT2D eigenvalue weighted by Crippen LogP contribution is 2.42. The predicted octanol–water partition coefficient (Wildman–Crippen LogP) is 5.90. The van der Waals surface area contributed by atoms with Gasteiger partial charge >= 0.3 is 0 Å². The molecule has 0 radical (unpaired) electrons. The molecule has 2 N–H and O–H groups in total. The van der Waals surface area contributed by atoms with E-state index in [9.17, 15) is 20.0 Å². The normalized spacial score (nSPS) is 21.2. The van der Waals surface area contributed by atoms with Gasteiger partial charge in [0.05, 0.1) is 41.0 Å². The summed E-state index contributed by atoms with van der Waals surface area (Å²) >= 11 is 0. The zero-order chi connectivity index (χ0) is 34.6. The minimum absolute atomic E-state index is 0.00768. The lowest BCUT2D eigenvalue weighted by Crippen LogP contribution is -2.51. The molecule has 7 rings (SSSR count). The maximum absolute atomic E-state index is 13.2. The Kier molecular flexibility index (Phi) is 9.76. The number of rotatable bonds is 9. The molecule has 1 amide bonds. The summed E-state index contributed by atoms with van der Waals surface area (Å²) in [6.07, 6.45) is 0.323. The Balaban J connectivity index is 1.07. The topological polar surface area (TPSA) is 143 Å². The van der Waals surface area contributed by atoms with E-state index >= 15 is 0 Å². The van der Waals surface area contributed by atoms with Crippen molar-refractivity contribution in [1.29, 1.82) is 0 Å². The lowest BCUT2D eigenvalue weighted by Gasteiger charge is -2.44. The van der Waals surface area contributed by atoms with Crippen LogP contribution in [0.2, 0.25) is 0 Å². The second-order valence-electron chi connectivity index (χ2n) is 12.7. The van der Waals surface area contributed by atoms with Gasteiger partial charge in [0.1, 0.15) is 5.69 Å². The summed E-state index contributed by atoms with van der Waals surface area (Å²) in [6, 6.07) is 29.4. The number of amides is 1. The number of nitro benzene ring substituents is 1. The average molecular weight is 675 g/mol. The SMILES string of the molecule is C[C@@H]1[C@H](CN2CCN(c3ccc([N+](=O)[O-])cc3)CC2)O[C@H](c2cccc(NC(=O)c3cnc4ccccc4n3)c2)O[C@@H]1c1ccc(CO)cc1. The van der Waals surface area contributed by atoms with Gasteiger partial charge in [0.2, 0.25) is 0 Å². The van der Waals surface area contributed by atoms with Crippen LogP contribution in [0.1, 0.15) is 46.5 Å². The predicted molar refractivity (Wildman–Crippen MR) is 189 cm³/mol. The molecule has 2 aliphatic heterocycles. The second-order valence-corrected chi connectivity index (χ2v) is 12.7. The van der Waals surface area contributed by atoms with E-state index in [1.807, 2.05) is 72.8 Å². The summed E-state index contributed by atoms with van der Waals surface area (Å²) in [4.78, 5) is 37.4. The third-order valence-electron chi connectivity index (χ3n) is 9.46. The van der Waals surface area contributed by atoms with Crippen LogP contribution in [-0.2, 0) is 16.1 Å². The minimum Gasteiger partial charge on any atom is -0.392 e. The Labute approximate surface area is 289 Å². The summed E-state index contributed by atoms with van der Waals surface area (Å²) in [7, 11) is 0. The van der Waals surface area contributed by atoms with E-state index < -0.39 is 6.29 Å². The van der Waals surface area contributed by atoms with Crippen LogP contribution in [-0.4, -0.2) is 69.6 Å². The fourth-order valence-electron chi connectivity index (χ4n) is 6.58. The van der Waals surface area contributed by atoms with Crippen LogP contribution in [0.4, 0.5) is 17.1 Å². The van der Waals surface area contributed by atoms with E-state index in [0.717, 1.165) is 48.6 Å². The number of non-ortho nitro benzene ring substituents is 1. The molecule has 5 aromatic rings. The van der Waals surface area contributed by atoms with Crippen molar-refractivity contribution in [2.75, 3.05) is 42.9 Å². The first kappa shape index (κ1) is 33.2. The molecule has 2 aliphatic rings. The van der Waals surface area contributed by atoms with Crippen molar-refractivity contribution in [3.05, 3.63) is 136 Å². The van der Waals surface area contributed by atoms with Crippen LogP contribution < -0.4 is 10.2 Å². The zero-order valence-corrected chi connectivity index (χ0v) is 27.6. The van der Waals surface area contributed by atoms with E-state index in [1.165, 1.54) is 6.20 Å². The fourth-order valence-corrected chi connectivity index (χ4v) is 6.58. The standard InChI is InChI=1S/C38H38N6O6/c1-25-35(23-42-17-19-43(20-18-42)30-13-15-31(16-14-30)44(47)48)49-38(50-36(25)27-11-9-26(24-45)10-12-27)28-5-4-6-29(21-28)40-37(46)34-22-39-32-7-2-3-8-33(32)41-34/h2-16,21-22,25,35-36,38,45H,17-20,23-24H2,1H3,(H,40,46)/t25-,35+,36+,38+/m1/s1. The summed E-state index contributed by atoms with van der Waals surface area (Å²) in [6.45, 7) is 5.98. The van der Waals surface area contributed by atoms with Crippen molar-refractivity contribution in [3.8, 4) is 0 Å². The van der Waals surface area contributed by atoms with E-state index in [4.69, 9.17) is 9.47 Å². The zero-order valence-electron chi connectivity index (χ0n) is 27.6. The number of nitrogens with zero attached hydrogens (tertiary/aromatic N) is 5. The first-order valence-corrected chi connectivity index (χ1v) is 16.7. The molecule has 50 heavy (non-hydrogen) atoms. The lowest BCUT2D eigenvalue weighted by atomic mass is 9.90. The second kappa shape index (κ2) is 14.7. The number of nitro groups is 1. The number of nitrogens with one attached hydrogen (secondary N) is 1. The number of aromatic nitrogens is 2. The van der Waals surface area contributed by atoms with Gasteiger partial charge in [-0.1, -0.05) is 55.5 Å². The summed E-state index contributed by atoms with van der Waals surface area (Å²) in [5.74, 6) is -0.361. The van der Waals surface area contributed by atoms with Crippen molar-refractivity contribution in [3.63, 3.8) is 0 Å². The number of benzene rings is 4. The molecule has 0 unspecified atom stereocenters. The molecule has 1 aromatic heterocycles. The van der Waals surface area contributed by atoms with Crippen molar-refractivity contribution < 1.29 is 24.3 Å². The molecule has 12 heteroatoms. The number of hydrogen-bond acceptors (Lipinski definition) is 10. The molecular weight excluding hydrogens is 636 g/mol. The molecule has 0 spiro atoms. The van der Waals surface area contributed by atoms with E-state index in [2.05, 4.69) is 32.0 Å². The Morgan fingerprint density at radius 1 is 0.920 bits per heavy atom. The first-order chi connectivity index (χ1) is 24.3. The molecule has 4 aromatic carbocycles. The van der Waals surface area contributed by atoms with Crippen molar-refractivity contribution in [2.45, 2.75) is 32.0 Å². The van der Waals surface area contributed by atoms with Gasteiger partial charge < -0.3 is 24.8 Å². The highest BCUT2D eigenvalue weighted by molar-refractivity contribution is 6.03. The number of carbonyl (C=O) groups excluding carboxylic acids is 1. The smallest absolute Gasteiger partial charge is 0.275 e. The Hall–Kier alpha value is -5.27. The Morgan fingerprint density at radius 3 is 2.38 bits per heavy atom. The molecule has 3 heterocycles. The average Bonchev–Trinajstić information content (AvgIpc) is 3.16. The van der Waals surface area contributed by atoms with Crippen molar-refractivity contribution in [1.82, 2.24) is 14.9 Å². The van der Waals surface area contributed by atoms with Gasteiger partial charge in [-0.25, -0.2) is 4.98 Å². The Morgan fingerprint density at radius 2 is 1.66 bits per heavy atom. The number of fused-ring (bicyclic) bond motifs is 1. The molecule has 2 fully saturated rings. The number of anilines is 2. The number of para-hydroxylation sites is 2. The quantitative estimate of drug-likeness (QED) is 0.143. The van der Waals surface area contributed by atoms with Crippen LogP contribution in [0.5, 0.6) is 0 Å². The molecule has 12 nitrogen and oxygen atoms in total. The molecule has 4 atom stereocenters. The third kappa shape index (κ3) is 7.33. The van der Waals surface area contributed by atoms with Crippen LogP contribution in [0.15, 0.2) is 103 Å². The number of piperazine rings is 1. The van der Waals surface area contributed by atoms with Crippen LogP contribution in [0, 0.1) is 16.0 Å². The highest BCUT2D eigenvalue weighted by Gasteiger charge is 2.39. The van der Waals surface area contributed by atoms with Gasteiger partial charge in [0.15, 0.2) is 6.29 Å². The van der Waals surface area contributed by atoms with E-state index in [0.29, 0.717) is 23.3 Å². The molecule has 0 bridgehead atoms. The van der Waals surface area contributed by atoms with Crippen LogP contribution in [0.3, 0.4) is 0 Å². The number of aliphatic hydroxyl groups is 1. The van der Waals surface area contributed by atoms with Crippen LogP contribution >= 0.6 is 0 Å². The third-order valence-corrected chi connectivity index (χ3v) is 9.46. The first-order valence-electron chi connectivity index (χ1n) is 16.7. The highest BCUT2D eigenvalue weighted by atomic mass is 16.7. The van der Waals surface area contributed by atoms with Crippen LogP contribution in [0.25, 0.3) is 11.0 Å². The maximum Gasteiger partial charge on any atom is 0.275 e. The lowest BCUT2D eigenvalue weighted by molar-refractivity contribution is -0.384. The van der Waals surface area contributed by atoms with E-state index in [-0.39, 0.29) is 46.9 Å². The largest absolute Gasteiger partial charge is 0.392 e. The summed E-state index contributed by atoms with van der Waals surface area (Å²) < 4.78 is 13.4. The monoisotopic (exact) mass is 674 g/mol. The maximum atomic E-state index is 13.2. The fraction of sp³-hybridized carbons (Fsp3) is 0.289. The summed E-state index contributed by atoms with van der Waals surface area (Å²) in [5.41, 5.74) is 5.80. The van der Waals surface area contributed by atoms with Crippen molar-refractivity contribution in [2.24, 2.45) is 5.92 Å². The van der Waals surface area contributed by atoms with Gasteiger partial charge in [0.25, 0.3) is 11.6 Å². The minimum atomic E-state index is -0.697. The number of hydrogen-bond donors (Lipinski definition) is 2. The molecular formula is C38H38N6O6. The number of carbonyl (C=O) groups is 1. The molecule has 256 valence electrons. The number of aliphatic hydroxyl groups excluding tert-OH is 1. The van der Waals surface area contributed by atoms with E-state index in [1.54, 1.807) is 24.3 Å². The molecule has 0 saturated carbocycles. The van der Waals surface area contributed by atoms with Gasteiger partial charge in [-0.05, 0) is 47.5 Å². The summed E-state index contributed by atoms with van der Waals surface area (Å²) in [5, 5.41) is 23.6. The number of ether oxygens (including phenoxy) is 2. The molecule has 0 aliphatic carbocycles. The van der Waals surface area contributed by atoms with Crippen molar-refractivity contribution >= 4 is 34.0 Å². The Bertz CT molecular complexity index is 1970.